The number of rotatable bonds is 5. The number of likely N-dealkylation sites (tertiary alicyclic amines) is 1. The Balaban J connectivity index is 1.45. The largest absolute Gasteiger partial charge is 0.466 e. The van der Waals surface area contributed by atoms with E-state index in [1.165, 1.54) is 0 Å². The van der Waals surface area contributed by atoms with Crippen molar-refractivity contribution in [1.82, 2.24) is 9.91 Å². The van der Waals surface area contributed by atoms with Crippen molar-refractivity contribution in [3.8, 4) is 11.5 Å². The highest BCUT2D eigenvalue weighted by molar-refractivity contribution is 6.02. The number of alkyl halides is 2. The van der Waals surface area contributed by atoms with Crippen LogP contribution in [0.25, 0.3) is 0 Å². The number of halogens is 2. The first-order valence-electron chi connectivity index (χ1n) is 11.0. The lowest BCUT2D eigenvalue weighted by atomic mass is 9.90. The predicted molar refractivity (Wildman–Crippen MR) is 115 cm³/mol. The number of hydrogen-bond acceptors (Lipinski definition) is 5. The highest BCUT2D eigenvalue weighted by Crippen LogP contribution is 2.49. The Labute approximate surface area is 181 Å². The third-order valence-corrected chi connectivity index (χ3v) is 6.50. The summed E-state index contributed by atoms with van der Waals surface area (Å²) in [7, 11) is 0. The second-order valence-electron chi connectivity index (χ2n) is 8.44. The zero-order valence-electron chi connectivity index (χ0n) is 17.6. The molecule has 5 nitrogen and oxygen atoms in total. The molecule has 1 fully saturated rings. The van der Waals surface area contributed by atoms with Crippen LogP contribution >= 0.6 is 0 Å². The van der Waals surface area contributed by atoms with Crippen LogP contribution in [0.3, 0.4) is 0 Å². The normalized spacial score (nSPS) is 22.1. The lowest BCUT2D eigenvalue weighted by Gasteiger charge is -2.51. The summed E-state index contributed by atoms with van der Waals surface area (Å²) < 4.78 is 36.1. The Morgan fingerprint density at radius 2 is 1.87 bits per heavy atom. The maximum Gasteiger partial charge on any atom is 0.387 e. The summed E-state index contributed by atoms with van der Waals surface area (Å²) in [4.78, 5) is 2.49. The third-order valence-electron chi connectivity index (χ3n) is 6.50. The molecule has 3 heterocycles. The van der Waals surface area contributed by atoms with E-state index in [2.05, 4.69) is 33.7 Å². The van der Waals surface area contributed by atoms with E-state index in [-0.39, 0.29) is 11.8 Å². The second kappa shape index (κ2) is 8.11. The number of hydrazone groups is 1. The smallest absolute Gasteiger partial charge is 0.387 e. The summed E-state index contributed by atoms with van der Waals surface area (Å²) in [6.45, 7) is 2.48. The van der Waals surface area contributed by atoms with E-state index in [9.17, 15) is 8.78 Å². The molecule has 7 heteroatoms. The van der Waals surface area contributed by atoms with Gasteiger partial charge in [-0.3, -0.25) is 0 Å². The van der Waals surface area contributed by atoms with E-state index in [4.69, 9.17) is 9.84 Å². The minimum absolute atomic E-state index is 0.120. The van der Waals surface area contributed by atoms with Crippen LogP contribution in [0.5, 0.6) is 11.5 Å². The number of ether oxygens (including phenoxy) is 2. The Morgan fingerprint density at radius 1 is 1.13 bits per heavy atom. The molecule has 0 amide bonds. The molecule has 31 heavy (non-hydrogen) atoms. The van der Waals surface area contributed by atoms with Gasteiger partial charge >= 0.3 is 6.61 Å². The summed E-state index contributed by atoms with van der Waals surface area (Å²) in [6, 6.07) is 15.1. The zero-order valence-corrected chi connectivity index (χ0v) is 17.6. The summed E-state index contributed by atoms with van der Waals surface area (Å²) in [5, 5.41) is 7.21. The van der Waals surface area contributed by atoms with Crippen molar-refractivity contribution in [2.75, 3.05) is 19.6 Å². The highest BCUT2D eigenvalue weighted by Gasteiger charge is 2.51. The fraction of sp³-hybridized carbons (Fsp3) is 0.458. The van der Waals surface area contributed by atoms with Gasteiger partial charge < -0.3 is 14.4 Å². The topological polar surface area (TPSA) is 37.3 Å². The second-order valence-corrected chi connectivity index (χ2v) is 8.44. The van der Waals surface area contributed by atoms with Crippen molar-refractivity contribution in [1.29, 1.82) is 0 Å². The molecule has 2 aromatic carbocycles. The first-order valence-corrected chi connectivity index (χ1v) is 11.0. The molecule has 0 aliphatic carbocycles. The highest BCUT2D eigenvalue weighted by atomic mass is 19.3. The molecule has 164 valence electrons. The molecule has 3 aliphatic heterocycles. The van der Waals surface area contributed by atoms with Crippen molar-refractivity contribution in [3.63, 3.8) is 0 Å². The molecule has 1 saturated heterocycles. The van der Waals surface area contributed by atoms with Crippen molar-refractivity contribution >= 4 is 5.71 Å². The van der Waals surface area contributed by atoms with Gasteiger partial charge in [0.15, 0.2) is 0 Å². The van der Waals surface area contributed by atoms with Crippen LogP contribution in [0.2, 0.25) is 0 Å². The Bertz CT molecular complexity index is 956. The van der Waals surface area contributed by atoms with Crippen molar-refractivity contribution in [3.05, 3.63) is 59.7 Å². The zero-order chi connectivity index (χ0) is 21.4. The van der Waals surface area contributed by atoms with Gasteiger partial charge in [-0.05, 0) is 48.9 Å². The van der Waals surface area contributed by atoms with Crippen LogP contribution in [0.1, 0.15) is 49.8 Å². The molecule has 0 N–H and O–H groups in total. The first kappa shape index (κ1) is 20.2. The minimum Gasteiger partial charge on any atom is -0.466 e. The van der Waals surface area contributed by atoms with E-state index >= 15 is 0 Å². The number of benzene rings is 2. The van der Waals surface area contributed by atoms with Crippen molar-refractivity contribution in [2.24, 2.45) is 5.10 Å². The molecule has 3 aliphatic rings. The molecule has 0 saturated carbocycles. The molecule has 1 atom stereocenters. The number of fused-ring (bicyclic) bond motifs is 4. The number of piperidine rings is 1. The van der Waals surface area contributed by atoms with Gasteiger partial charge in [-0.2, -0.15) is 13.9 Å². The standard InChI is InChI=1S/C24H27F2N3O2/c1-2-13-28-14-11-24(12-15-28)29-21(19-5-3-4-6-22(19)31-24)16-20(27-29)17-7-9-18(10-8-17)30-23(25)26/h3-10,21,23H,2,11-16H2,1H3/t21-/m1/s1. The van der Waals surface area contributed by atoms with Crippen LogP contribution < -0.4 is 9.47 Å². The van der Waals surface area contributed by atoms with E-state index in [1.54, 1.807) is 24.3 Å². The Hall–Kier alpha value is -2.67. The average molecular weight is 427 g/mol. The average Bonchev–Trinajstić information content (AvgIpc) is 3.23. The van der Waals surface area contributed by atoms with E-state index in [0.29, 0.717) is 0 Å². The van der Waals surface area contributed by atoms with Gasteiger partial charge in [-0.15, -0.1) is 0 Å². The van der Waals surface area contributed by atoms with Gasteiger partial charge in [0.25, 0.3) is 0 Å². The first-order chi connectivity index (χ1) is 15.1. The van der Waals surface area contributed by atoms with Gasteiger partial charge in [0.05, 0.1) is 11.8 Å². The molecule has 0 bridgehead atoms. The third kappa shape index (κ3) is 3.76. The molecule has 0 aromatic heterocycles. The maximum atomic E-state index is 12.5. The number of nitrogens with zero attached hydrogens (tertiary/aromatic N) is 3. The van der Waals surface area contributed by atoms with Gasteiger partial charge in [-0.1, -0.05) is 25.1 Å². The van der Waals surface area contributed by atoms with Crippen LogP contribution in [0.15, 0.2) is 53.6 Å². The maximum absolute atomic E-state index is 12.5. The molecular weight excluding hydrogens is 400 g/mol. The molecule has 5 rings (SSSR count). The summed E-state index contributed by atoms with van der Waals surface area (Å²) in [5.41, 5.74) is 2.58. The summed E-state index contributed by atoms with van der Waals surface area (Å²) in [5.74, 6) is 1.10. The van der Waals surface area contributed by atoms with Crippen LogP contribution in [-0.4, -0.2) is 47.6 Å². The fourth-order valence-electron chi connectivity index (χ4n) is 5.00. The summed E-state index contributed by atoms with van der Waals surface area (Å²) >= 11 is 0. The SMILES string of the molecule is CCCN1CCC2(CC1)Oc1ccccc1[C@H]1CC(c3ccc(OC(F)F)cc3)=NN12. The van der Waals surface area contributed by atoms with Crippen molar-refractivity contribution in [2.45, 2.75) is 51.0 Å². The van der Waals surface area contributed by atoms with Gasteiger partial charge in [0.1, 0.15) is 11.5 Å². The van der Waals surface area contributed by atoms with Crippen LogP contribution in [-0.2, 0) is 0 Å². The fourth-order valence-corrected chi connectivity index (χ4v) is 5.00. The van der Waals surface area contributed by atoms with Gasteiger partial charge in [0.2, 0.25) is 5.72 Å². The molecule has 2 aromatic rings. The van der Waals surface area contributed by atoms with Gasteiger partial charge in [-0.25, -0.2) is 5.01 Å². The number of hydrogen-bond donors (Lipinski definition) is 0. The lowest BCUT2D eigenvalue weighted by Crippen LogP contribution is -2.59. The molecule has 1 spiro atoms. The van der Waals surface area contributed by atoms with E-state index in [0.717, 1.165) is 67.9 Å². The van der Waals surface area contributed by atoms with E-state index in [1.807, 2.05) is 12.1 Å². The quantitative estimate of drug-likeness (QED) is 0.671. The van der Waals surface area contributed by atoms with Crippen LogP contribution in [0.4, 0.5) is 8.78 Å². The Kier molecular flexibility index (Phi) is 5.30. The monoisotopic (exact) mass is 427 g/mol. The minimum atomic E-state index is -2.82. The molecular formula is C24H27F2N3O2. The van der Waals surface area contributed by atoms with E-state index < -0.39 is 12.3 Å². The van der Waals surface area contributed by atoms with Crippen LogP contribution in [0, 0.1) is 0 Å². The van der Waals surface area contributed by atoms with Crippen molar-refractivity contribution < 1.29 is 18.3 Å². The molecule has 0 radical (unpaired) electrons. The lowest BCUT2D eigenvalue weighted by molar-refractivity contribution is -0.149. The van der Waals surface area contributed by atoms with Gasteiger partial charge in [0, 0.05) is 37.9 Å². The Morgan fingerprint density at radius 3 is 2.58 bits per heavy atom. The number of para-hydroxylation sites is 1. The molecule has 0 unspecified atom stereocenters. The predicted octanol–water partition coefficient (Wildman–Crippen LogP) is 5.03. The summed E-state index contributed by atoms with van der Waals surface area (Å²) in [6.07, 6.45) is 3.71.